The lowest BCUT2D eigenvalue weighted by Gasteiger charge is -2.10. The van der Waals surface area contributed by atoms with E-state index < -0.39 is 12.5 Å². The lowest BCUT2D eigenvalue weighted by Crippen LogP contribution is -2.24. The van der Waals surface area contributed by atoms with Crippen LogP contribution in [0.15, 0.2) is 0 Å². The molecule has 0 aromatic carbocycles. The topological polar surface area (TPSA) is 48.1 Å². The van der Waals surface area contributed by atoms with Gasteiger partial charge in [-0.25, -0.2) is 0 Å². The average molecular weight is 229 g/mol. The third-order valence-electron chi connectivity index (χ3n) is 1.33. The van der Waals surface area contributed by atoms with Crippen molar-refractivity contribution in [2.45, 2.75) is 5.92 Å². The van der Waals surface area contributed by atoms with Crippen molar-refractivity contribution >= 4 is 22.9 Å². The second kappa shape index (κ2) is 3.73. The van der Waals surface area contributed by atoms with E-state index in [2.05, 4.69) is 9.72 Å². The summed E-state index contributed by atoms with van der Waals surface area (Å²) < 4.78 is 30.7. The van der Waals surface area contributed by atoms with Gasteiger partial charge >= 0.3 is 0 Å². The quantitative estimate of drug-likeness (QED) is 0.859. The number of halogens is 3. The fourth-order valence-electron chi connectivity index (χ4n) is 0.689. The predicted molar refractivity (Wildman–Crippen MR) is 46.6 cm³/mol. The number of nitrogens with zero attached hydrogens (tertiary/aromatic N) is 1. The number of nitrogens with two attached hydrogens (primary N) is 1. The van der Waals surface area contributed by atoms with Crippen LogP contribution < -0.4 is 10.5 Å². The monoisotopic (exact) mass is 228 g/mol. The van der Waals surface area contributed by atoms with E-state index in [0.717, 1.165) is 0 Å². The van der Waals surface area contributed by atoms with E-state index in [1.807, 2.05) is 0 Å². The first-order valence-corrected chi connectivity index (χ1v) is 4.49. The molecule has 3 nitrogen and oxygen atoms in total. The molecule has 0 radical (unpaired) electrons. The van der Waals surface area contributed by atoms with Crippen LogP contribution in [0.4, 0.5) is 8.78 Å². The van der Waals surface area contributed by atoms with Crippen molar-refractivity contribution in [3.63, 3.8) is 0 Å². The van der Waals surface area contributed by atoms with Crippen molar-refractivity contribution in [2.24, 2.45) is 5.73 Å². The maximum absolute atomic E-state index is 13.0. The highest BCUT2D eigenvalue weighted by atomic mass is 35.5. The first-order valence-electron chi connectivity index (χ1n) is 3.30. The fourth-order valence-corrected chi connectivity index (χ4v) is 1.83. The number of ether oxygens (including phenoxy) is 1. The molecule has 0 bridgehead atoms. The van der Waals surface area contributed by atoms with Gasteiger partial charge in [0.2, 0.25) is 0 Å². The van der Waals surface area contributed by atoms with Gasteiger partial charge in [-0.1, -0.05) is 22.9 Å². The van der Waals surface area contributed by atoms with Crippen molar-refractivity contribution in [1.29, 1.82) is 0 Å². The molecule has 74 valence electrons. The molecule has 0 aliphatic heterocycles. The van der Waals surface area contributed by atoms with Crippen LogP contribution in [0.2, 0.25) is 5.15 Å². The maximum Gasteiger partial charge on any atom is 0.297 e. The number of alkyl halides is 2. The smallest absolute Gasteiger partial charge is 0.297 e. The zero-order valence-electron chi connectivity index (χ0n) is 6.68. The standard InChI is InChI=1S/C6H7ClF2N2OS/c1-12-5-11-4(7)3(13-5)6(8,9)2-10/h2,10H2,1H3. The van der Waals surface area contributed by atoms with E-state index in [1.54, 1.807) is 0 Å². The molecule has 0 amide bonds. The number of thiazole rings is 1. The molecule has 0 saturated heterocycles. The fraction of sp³-hybridized carbons (Fsp3) is 0.500. The Bertz CT molecular complexity index is 305. The number of hydrogen-bond acceptors (Lipinski definition) is 4. The molecule has 0 aliphatic rings. The van der Waals surface area contributed by atoms with Gasteiger partial charge in [-0.15, -0.1) is 0 Å². The van der Waals surface area contributed by atoms with Crippen LogP contribution in [0.1, 0.15) is 4.88 Å². The Hall–Kier alpha value is -0.460. The van der Waals surface area contributed by atoms with Crippen LogP contribution in [0.3, 0.4) is 0 Å². The van der Waals surface area contributed by atoms with Crippen LogP contribution in [-0.2, 0) is 5.92 Å². The van der Waals surface area contributed by atoms with E-state index in [-0.39, 0.29) is 15.2 Å². The highest BCUT2D eigenvalue weighted by Crippen LogP contribution is 2.39. The van der Waals surface area contributed by atoms with E-state index in [9.17, 15) is 8.78 Å². The van der Waals surface area contributed by atoms with Gasteiger partial charge in [0.15, 0.2) is 5.15 Å². The van der Waals surface area contributed by atoms with Crippen molar-refractivity contribution in [2.75, 3.05) is 13.7 Å². The highest BCUT2D eigenvalue weighted by molar-refractivity contribution is 7.14. The normalized spacial score (nSPS) is 11.8. The third-order valence-corrected chi connectivity index (χ3v) is 2.84. The molecule has 13 heavy (non-hydrogen) atoms. The minimum atomic E-state index is -3.13. The zero-order valence-corrected chi connectivity index (χ0v) is 8.25. The summed E-state index contributed by atoms with van der Waals surface area (Å²) in [7, 11) is 1.33. The SMILES string of the molecule is COc1nc(Cl)c(C(F)(F)CN)s1. The highest BCUT2D eigenvalue weighted by Gasteiger charge is 2.35. The third kappa shape index (κ3) is 2.07. The van der Waals surface area contributed by atoms with Gasteiger partial charge in [-0.3, -0.25) is 0 Å². The second-order valence-electron chi connectivity index (χ2n) is 2.21. The summed E-state index contributed by atoms with van der Waals surface area (Å²) in [6.07, 6.45) is 0. The lowest BCUT2D eigenvalue weighted by molar-refractivity contribution is 0.00980. The molecule has 7 heteroatoms. The van der Waals surface area contributed by atoms with Crippen molar-refractivity contribution < 1.29 is 13.5 Å². The molecule has 1 heterocycles. The summed E-state index contributed by atoms with van der Waals surface area (Å²) in [5.74, 6) is -3.13. The largest absolute Gasteiger partial charge is 0.473 e. The van der Waals surface area contributed by atoms with E-state index in [1.165, 1.54) is 7.11 Å². The summed E-state index contributed by atoms with van der Waals surface area (Å²) in [5, 5.41) is -0.148. The van der Waals surface area contributed by atoms with Gasteiger partial charge in [0.25, 0.3) is 11.1 Å². The van der Waals surface area contributed by atoms with Crippen LogP contribution in [0.25, 0.3) is 0 Å². The number of hydrogen-bond donors (Lipinski definition) is 1. The van der Waals surface area contributed by atoms with Crippen LogP contribution in [-0.4, -0.2) is 18.6 Å². The Kier molecular flexibility index (Phi) is 3.05. The lowest BCUT2D eigenvalue weighted by atomic mass is 10.3. The first-order chi connectivity index (χ1) is 6.01. The predicted octanol–water partition coefficient (Wildman–Crippen LogP) is 1.86. The van der Waals surface area contributed by atoms with E-state index in [4.69, 9.17) is 17.3 Å². The van der Waals surface area contributed by atoms with Crippen molar-refractivity contribution in [3.05, 3.63) is 10.0 Å². The second-order valence-corrected chi connectivity index (χ2v) is 3.53. The Labute approximate surface area is 82.5 Å². The van der Waals surface area contributed by atoms with Crippen LogP contribution in [0, 0.1) is 0 Å². The molecule has 1 aromatic rings. The molecule has 1 aromatic heterocycles. The van der Waals surface area contributed by atoms with Crippen molar-refractivity contribution in [1.82, 2.24) is 4.98 Å². The van der Waals surface area contributed by atoms with Crippen LogP contribution >= 0.6 is 22.9 Å². The number of methoxy groups -OCH3 is 1. The maximum atomic E-state index is 13.0. The summed E-state index contributed by atoms with van der Waals surface area (Å²) in [6, 6.07) is 0. The first kappa shape index (κ1) is 10.6. The minimum Gasteiger partial charge on any atom is -0.473 e. The molecule has 0 saturated carbocycles. The van der Waals surface area contributed by atoms with Crippen molar-refractivity contribution in [3.8, 4) is 5.19 Å². The van der Waals surface area contributed by atoms with Crippen LogP contribution in [0.5, 0.6) is 5.19 Å². The summed E-state index contributed by atoms with van der Waals surface area (Å²) >= 11 is 6.17. The molecular weight excluding hydrogens is 222 g/mol. The molecule has 0 spiro atoms. The molecule has 2 N–H and O–H groups in total. The summed E-state index contributed by atoms with van der Waals surface area (Å²) in [4.78, 5) is 3.22. The number of aromatic nitrogens is 1. The molecule has 0 atom stereocenters. The molecule has 1 rings (SSSR count). The average Bonchev–Trinajstić information content (AvgIpc) is 2.47. The van der Waals surface area contributed by atoms with Gasteiger partial charge in [0.1, 0.15) is 4.88 Å². The Balaban J connectivity index is 3.07. The van der Waals surface area contributed by atoms with Gasteiger partial charge in [0.05, 0.1) is 13.7 Å². The number of rotatable bonds is 3. The Morgan fingerprint density at radius 1 is 1.69 bits per heavy atom. The zero-order chi connectivity index (χ0) is 10.1. The van der Waals surface area contributed by atoms with Gasteiger partial charge in [0, 0.05) is 0 Å². The van der Waals surface area contributed by atoms with E-state index >= 15 is 0 Å². The minimum absolute atomic E-state index is 0.105. The van der Waals surface area contributed by atoms with Gasteiger partial charge < -0.3 is 10.5 Å². The molecular formula is C6H7ClF2N2OS. The van der Waals surface area contributed by atoms with Gasteiger partial charge in [-0.2, -0.15) is 13.8 Å². The summed E-state index contributed by atoms with van der Waals surface area (Å²) in [5.41, 5.74) is 4.89. The molecule has 0 fully saturated rings. The Morgan fingerprint density at radius 2 is 2.31 bits per heavy atom. The molecule has 0 aliphatic carbocycles. The van der Waals surface area contributed by atoms with E-state index in [0.29, 0.717) is 11.3 Å². The Morgan fingerprint density at radius 3 is 2.69 bits per heavy atom. The molecule has 0 unspecified atom stereocenters. The van der Waals surface area contributed by atoms with Gasteiger partial charge in [-0.05, 0) is 0 Å². The summed E-state index contributed by atoms with van der Waals surface area (Å²) in [6.45, 7) is -0.794.